The predicted octanol–water partition coefficient (Wildman–Crippen LogP) is 9.53. The van der Waals surface area contributed by atoms with E-state index in [0.717, 1.165) is 58.6 Å². The second-order valence-electron chi connectivity index (χ2n) is 13.5. The van der Waals surface area contributed by atoms with Gasteiger partial charge < -0.3 is 14.7 Å². The SMILES string of the molecule is CN(C)c1ccc2c(c1)Sc1cc(N(C)C)ccc1N2C(=O)c1cccc(CN2CCCC2CN2c3ccccc3Sc3ccccc32)c1. The Labute approximate surface area is 298 Å². The normalized spacial score (nSPS) is 16.4. The van der Waals surface area contributed by atoms with E-state index in [2.05, 4.69) is 145 Å². The number of carbonyl (C=O) groups excluding carboxylic acids is 1. The maximum Gasteiger partial charge on any atom is 0.262 e. The van der Waals surface area contributed by atoms with Crippen LogP contribution in [0.1, 0.15) is 28.8 Å². The van der Waals surface area contributed by atoms with Gasteiger partial charge in [0, 0.05) is 83.8 Å². The van der Waals surface area contributed by atoms with Gasteiger partial charge in [0.1, 0.15) is 0 Å². The first-order valence-corrected chi connectivity index (χ1v) is 18.6. The van der Waals surface area contributed by atoms with Gasteiger partial charge in [0.2, 0.25) is 0 Å². The smallest absolute Gasteiger partial charge is 0.262 e. The van der Waals surface area contributed by atoms with Crippen molar-refractivity contribution in [3.8, 4) is 0 Å². The van der Waals surface area contributed by atoms with Gasteiger partial charge in [0.05, 0.1) is 22.7 Å². The Bertz CT molecular complexity index is 1940. The van der Waals surface area contributed by atoms with Crippen LogP contribution in [0.2, 0.25) is 0 Å². The molecule has 0 N–H and O–H groups in total. The lowest BCUT2D eigenvalue weighted by atomic mass is 10.1. The Morgan fingerprint density at radius 1 is 0.673 bits per heavy atom. The van der Waals surface area contributed by atoms with Crippen molar-refractivity contribution in [2.75, 3.05) is 60.9 Å². The maximum absolute atomic E-state index is 14.6. The van der Waals surface area contributed by atoms with E-state index in [9.17, 15) is 4.79 Å². The zero-order valence-corrected chi connectivity index (χ0v) is 30.1. The van der Waals surface area contributed by atoms with E-state index >= 15 is 0 Å². The highest BCUT2D eigenvalue weighted by Crippen LogP contribution is 2.51. The zero-order chi connectivity index (χ0) is 33.6. The van der Waals surface area contributed by atoms with Crippen molar-refractivity contribution in [1.82, 2.24) is 4.90 Å². The maximum atomic E-state index is 14.6. The number of carbonyl (C=O) groups is 1. The molecule has 0 spiro atoms. The Balaban J connectivity index is 1.07. The summed E-state index contributed by atoms with van der Waals surface area (Å²) in [5.41, 5.74) is 8.55. The van der Waals surface area contributed by atoms with Crippen molar-refractivity contribution in [2.45, 2.75) is 45.0 Å². The lowest BCUT2D eigenvalue weighted by molar-refractivity contribution is 0.0998. The van der Waals surface area contributed by atoms with E-state index in [0.29, 0.717) is 11.6 Å². The summed E-state index contributed by atoms with van der Waals surface area (Å²) >= 11 is 3.60. The number of anilines is 6. The van der Waals surface area contributed by atoms with Gasteiger partial charge in [-0.15, -0.1) is 0 Å². The van der Waals surface area contributed by atoms with Crippen molar-refractivity contribution >= 4 is 63.6 Å². The molecule has 0 saturated carbocycles. The van der Waals surface area contributed by atoms with Crippen molar-refractivity contribution in [1.29, 1.82) is 0 Å². The fourth-order valence-electron chi connectivity index (χ4n) is 7.23. The standard InChI is InChI=1S/C41H41N5OS2/c1-42(2)30-18-20-35-39(24-30)49-40-25-31(43(3)4)19-21-36(40)46(35)41(47)29-12-9-11-28(23-29)26-44-22-10-13-32(44)27-45-33-14-5-7-16-37(33)48-38-17-8-6-15-34(38)45/h5-9,11-12,14-21,23-25,32H,10,13,22,26-27H2,1-4H3. The molecule has 3 aliphatic heterocycles. The first-order chi connectivity index (χ1) is 23.8. The van der Waals surface area contributed by atoms with Crippen molar-refractivity contribution in [3.63, 3.8) is 0 Å². The zero-order valence-electron chi connectivity index (χ0n) is 28.5. The van der Waals surface area contributed by atoms with Crippen molar-refractivity contribution < 1.29 is 4.79 Å². The van der Waals surface area contributed by atoms with E-state index in [1.54, 1.807) is 11.8 Å². The van der Waals surface area contributed by atoms with Gasteiger partial charge >= 0.3 is 0 Å². The molecule has 8 rings (SSSR count). The summed E-state index contributed by atoms with van der Waals surface area (Å²) in [5, 5.41) is 0. The molecular weight excluding hydrogens is 643 g/mol. The first-order valence-electron chi connectivity index (χ1n) is 17.0. The molecule has 0 radical (unpaired) electrons. The van der Waals surface area contributed by atoms with Crippen LogP contribution >= 0.6 is 23.5 Å². The topological polar surface area (TPSA) is 33.3 Å². The van der Waals surface area contributed by atoms with Gasteiger partial charge in [-0.25, -0.2) is 0 Å². The van der Waals surface area contributed by atoms with Gasteiger partial charge in [0.15, 0.2) is 0 Å². The van der Waals surface area contributed by atoms with Gasteiger partial charge in [0.25, 0.3) is 5.91 Å². The molecule has 49 heavy (non-hydrogen) atoms. The molecule has 5 aromatic carbocycles. The highest BCUT2D eigenvalue weighted by atomic mass is 32.2. The van der Waals surface area contributed by atoms with E-state index in [4.69, 9.17) is 0 Å². The van der Waals surface area contributed by atoms with E-state index in [-0.39, 0.29) is 5.91 Å². The van der Waals surface area contributed by atoms with Crippen LogP contribution in [0.5, 0.6) is 0 Å². The molecule has 3 heterocycles. The molecule has 8 heteroatoms. The van der Waals surface area contributed by atoms with Gasteiger partial charge in [-0.1, -0.05) is 59.9 Å². The highest BCUT2D eigenvalue weighted by Gasteiger charge is 2.32. The van der Waals surface area contributed by atoms with Crippen LogP contribution in [0.3, 0.4) is 0 Å². The predicted molar refractivity (Wildman–Crippen MR) is 206 cm³/mol. The number of hydrogen-bond donors (Lipinski definition) is 0. The molecule has 5 aromatic rings. The number of rotatable bonds is 7. The molecular formula is C41H41N5OS2. The molecule has 1 saturated heterocycles. The van der Waals surface area contributed by atoms with Crippen molar-refractivity contribution in [2.24, 2.45) is 0 Å². The highest BCUT2D eigenvalue weighted by molar-refractivity contribution is 8.00. The Morgan fingerprint density at radius 3 is 1.88 bits per heavy atom. The molecule has 0 bridgehead atoms. The van der Waals surface area contributed by atoms with Crippen molar-refractivity contribution in [3.05, 3.63) is 120 Å². The number of nitrogens with zero attached hydrogens (tertiary/aromatic N) is 5. The molecule has 6 nitrogen and oxygen atoms in total. The van der Waals surface area contributed by atoms with E-state index in [1.165, 1.54) is 33.2 Å². The van der Waals surface area contributed by atoms with Crippen LogP contribution in [0.4, 0.5) is 34.1 Å². The summed E-state index contributed by atoms with van der Waals surface area (Å²) in [6.07, 6.45) is 2.34. The fraction of sp³-hybridized carbons (Fsp3) is 0.244. The summed E-state index contributed by atoms with van der Waals surface area (Å²) < 4.78 is 0. The quantitative estimate of drug-likeness (QED) is 0.169. The number of para-hydroxylation sites is 2. The third-order valence-corrected chi connectivity index (χ3v) is 12.0. The average molecular weight is 684 g/mol. The second kappa shape index (κ2) is 13.2. The van der Waals surface area contributed by atoms with Crippen LogP contribution in [-0.2, 0) is 6.54 Å². The van der Waals surface area contributed by atoms with E-state index in [1.807, 2.05) is 28.8 Å². The number of amides is 1. The fourth-order valence-corrected chi connectivity index (χ4v) is 9.45. The summed E-state index contributed by atoms with van der Waals surface area (Å²) in [5.74, 6) is -0.00291. The number of fused-ring (bicyclic) bond motifs is 4. The lowest BCUT2D eigenvalue weighted by Crippen LogP contribution is -2.39. The van der Waals surface area contributed by atoms with E-state index < -0.39 is 0 Å². The second-order valence-corrected chi connectivity index (χ2v) is 15.6. The minimum atomic E-state index is -0.00291. The monoisotopic (exact) mass is 683 g/mol. The third-order valence-electron chi connectivity index (χ3n) is 9.81. The van der Waals surface area contributed by atoms with Crippen LogP contribution < -0.4 is 19.6 Å². The minimum Gasteiger partial charge on any atom is -0.378 e. The van der Waals surface area contributed by atoms with Crippen LogP contribution in [0.15, 0.2) is 129 Å². The molecule has 0 aromatic heterocycles. The molecule has 0 aliphatic carbocycles. The number of likely N-dealkylation sites (tertiary alicyclic amines) is 1. The van der Waals surface area contributed by atoms with Crippen LogP contribution in [-0.4, -0.2) is 58.1 Å². The number of benzene rings is 5. The molecule has 1 fully saturated rings. The summed E-state index contributed by atoms with van der Waals surface area (Å²) in [6, 6.07) is 39.0. The summed E-state index contributed by atoms with van der Waals surface area (Å²) in [7, 11) is 8.21. The van der Waals surface area contributed by atoms with Crippen LogP contribution in [0, 0.1) is 0 Å². The molecule has 1 amide bonds. The Kier molecular flexibility index (Phi) is 8.56. The number of hydrogen-bond acceptors (Lipinski definition) is 7. The molecule has 248 valence electrons. The Morgan fingerprint density at radius 2 is 1.27 bits per heavy atom. The van der Waals surface area contributed by atoms with Gasteiger partial charge in [-0.3, -0.25) is 14.6 Å². The summed E-state index contributed by atoms with van der Waals surface area (Å²) in [4.78, 5) is 30.6. The van der Waals surface area contributed by atoms with Crippen LogP contribution in [0.25, 0.3) is 0 Å². The molecule has 1 atom stereocenters. The Hall–Kier alpha value is -4.37. The largest absolute Gasteiger partial charge is 0.378 e. The molecule has 1 unspecified atom stereocenters. The summed E-state index contributed by atoms with van der Waals surface area (Å²) in [6.45, 7) is 2.82. The van der Waals surface area contributed by atoms with Gasteiger partial charge in [-0.2, -0.15) is 0 Å². The minimum absolute atomic E-state index is 0.00291. The molecule has 3 aliphatic rings. The third kappa shape index (κ3) is 6.07. The lowest BCUT2D eigenvalue weighted by Gasteiger charge is -2.36. The first kappa shape index (κ1) is 31.9. The average Bonchev–Trinajstić information content (AvgIpc) is 3.55. The van der Waals surface area contributed by atoms with Gasteiger partial charge in [-0.05, 0) is 97.7 Å².